The highest BCUT2D eigenvalue weighted by Crippen LogP contribution is 2.22. The molecule has 5 nitrogen and oxygen atoms in total. The first-order chi connectivity index (χ1) is 11.7. The molecule has 0 radical (unpaired) electrons. The van der Waals surface area contributed by atoms with E-state index < -0.39 is 0 Å². The van der Waals surface area contributed by atoms with E-state index >= 15 is 0 Å². The molecule has 5 heteroatoms. The van der Waals surface area contributed by atoms with Gasteiger partial charge in [0.1, 0.15) is 17.9 Å². The molecule has 0 saturated heterocycles. The van der Waals surface area contributed by atoms with Crippen LogP contribution in [0.5, 0.6) is 5.75 Å². The van der Waals surface area contributed by atoms with Crippen molar-refractivity contribution in [3.63, 3.8) is 0 Å². The van der Waals surface area contributed by atoms with Crippen molar-refractivity contribution < 1.29 is 9.53 Å². The summed E-state index contributed by atoms with van der Waals surface area (Å²) in [5, 5.41) is 6.63. The standard InChI is InChI=1S/C19H19N3O2/c1-14-6-2-3-9-16(14)22-19(23)21-12-13-24-17-10-4-7-15-8-5-11-20-18(15)17/h2-11H,12-13H2,1H3,(H2,21,22,23). The number of carbonyl (C=O) groups excluding carboxylic acids is 1. The average Bonchev–Trinajstić information content (AvgIpc) is 2.61. The molecule has 2 amide bonds. The van der Waals surface area contributed by atoms with Crippen molar-refractivity contribution in [2.45, 2.75) is 6.92 Å². The molecule has 0 aliphatic rings. The zero-order valence-electron chi connectivity index (χ0n) is 13.5. The Hall–Kier alpha value is -3.08. The van der Waals surface area contributed by atoms with E-state index in [1.807, 2.05) is 61.5 Å². The van der Waals surface area contributed by atoms with E-state index in [0.717, 1.165) is 22.2 Å². The van der Waals surface area contributed by atoms with Crippen LogP contribution in [0.4, 0.5) is 10.5 Å². The van der Waals surface area contributed by atoms with Crippen molar-refractivity contribution in [2.75, 3.05) is 18.5 Å². The number of benzene rings is 2. The Morgan fingerprint density at radius 2 is 1.92 bits per heavy atom. The lowest BCUT2D eigenvalue weighted by atomic mass is 10.2. The summed E-state index contributed by atoms with van der Waals surface area (Å²) in [5.41, 5.74) is 2.64. The van der Waals surface area contributed by atoms with Crippen LogP contribution >= 0.6 is 0 Å². The number of aromatic nitrogens is 1. The third kappa shape index (κ3) is 3.81. The van der Waals surface area contributed by atoms with Gasteiger partial charge in [-0.3, -0.25) is 4.98 Å². The SMILES string of the molecule is Cc1ccccc1NC(=O)NCCOc1cccc2cccnc12. The van der Waals surface area contributed by atoms with Crippen LogP contribution in [-0.4, -0.2) is 24.2 Å². The van der Waals surface area contributed by atoms with Gasteiger partial charge in [-0.1, -0.05) is 36.4 Å². The van der Waals surface area contributed by atoms with E-state index in [9.17, 15) is 4.79 Å². The Morgan fingerprint density at radius 3 is 2.79 bits per heavy atom. The highest BCUT2D eigenvalue weighted by molar-refractivity contribution is 5.90. The molecule has 0 spiro atoms. The summed E-state index contributed by atoms with van der Waals surface area (Å²) >= 11 is 0. The topological polar surface area (TPSA) is 63.2 Å². The summed E-state index contributed by atoms with van der Waals surface area (Å²) in [7, 11) is 0. The van der Waals surface area contributed by atoms with Crippen LogP contribution < -0.4 is 15.4 Å². The predicted octanol–water partition coefficient (Wildman–Crippen LogP) is 3.74. The summed E-state index contributed by atoms with van der Waals surface area (Å²) in [6, 6.07) is 17.1. The monoisotopic (exact) mass is 321 g/mol. The van der Waals surface area contributed by atoms with Gasteiger partial charge in [0, 0.05) is 17.3 Å². The molecular weight excluding hydrogens is 302 g/mol. The van der Waals surface area contributed by atoms with Crippen molar-refractivity contribution in [3.05, 3.63) is 66.4 Å². The van der Waals surface area contributed by atoms with E-state index in [1.54, 1.807) is 6.20 Å². The molecule has 0 bridgehead atoms. The predicted molar refractivity (Wildman–Crippen MR) is 95.4 cm³/mol. The lowest BCUT2D eigenvalue weighted by Crippen LogP contribution is -2.32. The number of pyridine rings is 1. The van der Waals surface area contributed by atoms with Crippen molar-refractivity contribution in [1.82, 2.24) is 10.3 Å². The number of amides is 2. The number of rotatable bonds is 5. The Labute approximate surface area is 140 Å². The minimum absolute atomic E-state index is 0.246. The normalized spacial score (nSPS) is 10.4. The Morgan fingerprint density at radius 1 is 1.08 bits per heavy atom. The summed E-state index contributed by atoms with van der Waals surface area (Å²) in [4.78, 5) is 16.2. The molecule has 0 saturated carbocycles. The van der Waals surface area contributed by atoms with Crippen LogP contribution in [0.15, 0.2) is 60.8 Å². The molecule has 0 aliphatic heterocycles. The van der Waals surface area contributed by atoms with E-state index in [4.69, 9.17) is 4.74 Å². The molecule has 2 aromatic carbocycles. The van der Waals surface area contributed by atoms with Gasteiger partial charge in [-0.15, -0.1) is 0 Å². The van der Waals surface area contributed by atoms with Crippen LogP contribution in [0, 0.1) is 6.92 Å². The number of carbonyl (C=O) groups is 1. The number of fused-ring (bicyclic) bond motifs is 1. The molecule has 0 atom stereocenters. The quantitative estimate of drug-likeness (QED) is 0.704. The molecule has 1 aromatic heterocycles. The number of aryl methyl sites for hydroxylation is 1. The van der Waals surface area contributed by atoms with Gasteiger partial charge in [0.2, 0.25) is 0 Å². The molecule has 24 heavy (non-hydrogen) atoms. The minimum atomic E-state index is -0.246. The first-order valence-corrected chi connectivity index (χ1v) is 7.81. The number of urea groups is 1. The first-order valence-electron chi connectivity index (χ1n) is 7.81. The van der Waals surface area contributed by atoms with E-state index in [-0.39, 0.29) is 6.03 Å². The number of nitrogens with one attached hydrogen (secondary N) is 2. The maximum atomic E-state index is 11.9. The van der Waals surface area contributed by atoms with Gasteiger partial charge in [0.25, 0.3) is 0 Å². The zero-order valence-corrected chi connectivity index (χ0v) is 13.5. The summed E-state index contributed by atoms with van der Waals surface area (Å²) in [6.07, 6.45) is 1.74. The van der Waals surface area contributed by atoms with Gasteiger partial charge in [0.15, 0.2) is 0 Å². The van der Waals surface area contributed by atoms with Gasteiger partial charge < -0.3 is 15.4 Å². The number of nitrogens with zero attached hydrogens (tertiary/aromatic N) is 1. The number of anilines is 1. The lowest BCUT2D eigenvalue weighted by Gasteiger charge is -2.11. The van der Waals surface area contributed by atoms with Crippen LogP contribution in [0.2, 0.25) is 0 Å². The Kier molecular flexibility index (Phi) is 4.91. The largest absolute Gasteiger partial charge is 0.489 e. The van der Waals surface area contributed by atoms with E-state index in [0.29, 0.717) is 18.9 Å². The molecule has 3 rings (SSSR count). The maximum absolute atomic E-state index is 11.9. The van der Waals surface area contributed by atoms with Gasteiger partial charge in [0.05, 0.1) is 6.54 Å². The van der Waals surface area contributed by atoms with Gasteiger partial charge >= 0.3 is 6.03 Å². The lowest BCUT2D eigenvalue weighted by molar-refractivity contribution is 0.247. The molecular formula is C19H19N3O2. The second-order valence-corrected chi connectivity index (χ2v) is 5.38. The van der Waals surface area contributed by atoms with Gasteiger partial charge in [-0.05, 0) is 30.7 Å². The second kappa shape index (κ2) is 7.46. The summed E-state index contributed by atoms with van der Waals surface area (Å²) in [5.74, 6) is 0.717. The highest BCUT2D eigenvalue weighted by atomic mass is 16.5. The van der Waals surface area contributed by atoms with Crippen LogP contribution in [0.3, 0.4) is 0 Å². The Balaban J connectivity index is 1.50. The molecule has 3 aromatic rings. The molecule has 0 unspecified atom stereocenters. The minimum Gasteiger partial charge on any atom is -0.489 e. The van der Waals surface area contributed by atoms with Crippen molar-refractivity contribution in [2.24, 2.45) is 0 Å². The molecule has 0 fully saturated rings. The number of hydrogen-bond acceptors (Lipinski definition) is 3. The molecule has 122 valence electrons. The summed E-state index contributed by atoms with van der Waals surface area (Å²) in [6.45, 7) is 2.73. The van der Waals surface area contributed by atoms with Gasteiger partial charge in [-0.25, -0.2) is 4.79 Å². The van der Waals surface area contributed by atoms with Crippen molar-refractivity contribution in [1.29, 1.82) is 0 Å². The summed E-state index contributed by atoms with van der Waals surface area (Å²) < 4.78 is 5.74. The van der Waals surface area contributed by atoms with Crippen LogP contribution in [0.25, 0.3) is 10.9 Å². The fourth-order valence-corrected chi connectivity index (χ4v) is 2.40. The third-order valence-corrected chi connectivity index (χ3v) is 3.63. The van der Waals surface area contributed by atoms with Crippen LogP contribution in [0.1, 0.15) is 5.56 Å². The smallest absolute Gasteiger partial charge is 0.319 e. The number of hydrogen-bond donors (Lipinski definition) is 2. The Bertz CT molecular complexity index is 843. The number of para-hydroxylation sites is 2. The molecule has 1 heterocycles. The third-order valence-electron chi connectivity index (χ3n) is 3.63. The highest BCUT2D eigenvalue weighted by Gasteiger charge is 2.05. The zero-order chi connectivity index (χ0) is 16.8. The molecule has 2 N–H and O–H groups in total. The maximum Gasteiger partial charge on any atom is 0.319 e. The van der Waals surface area contributed by atoms with E-state index in [2.05, 4.69) is 15.6 Å². The number of ether oxygens (including phenoxy) is 1. The fraction of sp³-hybridized carbons (Fsp3) is 0.158. The van der Waals surface area contributed by atoms with Gasteiger partial charge in [-0.2, -0.15) is 0 Å². The van der Waals surface area contributed by atoms with Crippen LogP contribution in [-0.2, 0) is 0 Å². The second-order valence-electron chi connectivity index (χ2n) is 5.38. The van der Waals surface area contributed by atoms with Crippen molar-refractivity contribution >= 4 is 22.6 Å². The molecule has 0 aliphatic carbocycles. The average molecular weight is 321 g/mol. The van der Waals surface area contributed by atoms with Crippen molar-refractivity contribution in [3.8, 4) is 5.75 Å². The van der Waals surface area contributed by atoms with E-state index in [1.165, 1.54) is 0 Å². The first kappa shape index (κ1) is 15.8. The fourth-order valence-electron chi connectivity index (χ4n) is 2.40.